The Hall–Kier alpha value is -2.16. The van der Waals surface area contributed by atoms with E-state index in [1.54, 1.807) is 0 Å². The third-order valence-corrected chi connectivity index (χ3v) is 4.73. The molecule has 3 rings (SSSR count). The van der Waals surface area contributed by atoms with E-state index in [0.29, 0.717) is 5.56 Å². The quantitative estimate of drug-likeness (QED) is 0.801. The molecule has 1 N–H and O–H groups in total. The Morgan fingerprint density at radius 1 is 1.13 bits per heavy atom. The molecule has 1 aliphatic carbocycles. The minimum absolute atomic E-state index is 0.120. The number of carbonyl (C=O) groups is 1. The van der Waals surface area contributed by atoms with Crippen molar-refractivity contribution in [2.45, 2.75) is 45.4 Å². The second kappa shape index (κ2) is 7.40. The molecule has 0 bridgehead atoms. The highest BCUT2D eigenvalue weighted by molar-refractivity contribution is 6.07. The van der Waals surface area contributed by atoms with Crippen LogP contribution >= 0.6 is 0 Å². The van der Waals surface area contributed by atoms with Gasteiger partial charge in [0.1, 0.15) is 0 Å². The van der Waals surface area contributed by atoms with Crippen molar-refractivity contribution < 1.29 is 4.79 Å². The van der Waals surface area contributed by atoms with Crippen LogP contribution in [0.25, 0.3) is 10.8 Å². The van der Waals surface area contributed by atoms with Gasteiger partial charge in [0.25, 0.3) is 5.91 Å². The van der Waals surface area contributed by atoms with Gasteiger partial charge in [0, 0.05) is 11.3 Å². The molecule has 0 atom stereocenters. The van der Waals surface area contributed by atoms with Crippen molar-refractivity contribution in [2.75, 3.05) is 0 Å². The van der Waals surface area contributed by atoms with E-state index in [0.717, 1.165) is 35.2 Å². The SMILES string of the molecule is CCCC1CCC(=NNC(=O)c2cccc3ccccc23)CC1. The Bertz CT molecular complexity index is 705. The molecule has 0 unspecified atom stereocenters. The van der Waals surface area contributed by atoms with Crippen LogP contribution in [0.15, 0.2) is 47.6 Å². The van der Waals surface area contributed by atoms with Gasteiger partial charge >= 0.3 is 0 Å². The van der Waals surface area contributed by atoms with Crippen LogP contribution < -0.4 is 5.43 Å². The number of nitrogens with one attached hydrogen (secondary N) is 1. The highest BCUT2D eigenvalue weighted by Crippen LogP contribution is 2.26. The first-order chi connectivity index (χ1) is 11.3. The average molecular weight is 308 g/mol. The van der Waals surface area contributed by atoms with Crippen LogP contribution in [-0.4, -0.2) is 11.6 Å². The summed E-state index contributed by atoms with van der Waals surface area (Å²) in [5, 5.41) is 6.43. The topological polar surface area (TPSA) is 41.5 Å². The molecule has 1 fully saturated rings. The molecule has 3 nitrogen and oxygen atoms in total. The normalized spacial score (nSPS) is 18.0. The Balaban J connectivity index is 1.66. The van der Waals surface area contributed by atoms with Gasteiger partial charge in [-0.05, 0) is 48.4 Å². The summed E-state index contributed by atoms with van der Waals surface area (Å²) in [5.41, 5.74) is 4.57. The number of fused-ring (bicyclic) bond motifs is 1. The summed E-state index contributed by atoms with van der Waals surface area (Å²) in [5.74, 6) is 0.720. The van der Waals surface area contributed by atoms with Crippen LogP contribution in [-0.2, 0) is 0 Å². The predicted octanol–water partition coefficient (Wildman–Crippen LogP) is 4.92. The van der Waals surface area contributed by atoms with E-state index in [2.05, 4.69) is 17.5 Å². The summed E-state index contributed by atoms with van der Waals surface area (Å²) in [6, 6.07) is 13.7. The van der Waals surface area contributed by atoms with Crippen LogP contribution in [0.3, 0.4) is 0 Å². The van der Waals surface area contributed by atoms with Crippen molar-refractivity contribution in [1.29, 1.82) is 0 Å². The minimum atomic E-state index is -0.120. The molecule has 2 aromatic carbocycles. The Morgan fingerprint density at radius 3 is 2.65 bits per heavy atom. The summed E-state index contributed by atoms with van der Waals surface area (Å²) in [4.78, 5) is 12.4. The van der Waals surface area contributed by atoms with E-state index in [1.165, 1.54) is 25.7 Å². The number of benzene rings is 2. The van der Waals surface area contributed by atoms with E-state index in [9.17, 15) is 4.79 Å². The number of hydrazone groups is 1. The minimum Gasteiger partial charge on any atom is -0.267 e. The monoisotopic (exact) mass is 308 g/mol. The van der Waals surface area contributed by atoms with Crippen LogP contribution in [0.2, 0.25) is 0 Å². The molecule has 120 valence electrons. The zero-order chi connectivity index (χ0) is 16.1. The maximum absolute atomic E-state index is 12.4. The molecule has 0 aliphatic heterocycles. The Morgan fingerprint density at radius 2 is 1.87 bits per heavy atom. The molecule has 0 spiro atoms. The molecule has 0 aromatic heterocycles. The summed E-state index contributed by atoms with van der Waals surface area (Å²) in [6.07, 6.45) is 7.01. The molecule has 0 saturated heterocycles. The highest BCUT2D eigenvalue weighted by Gasteiger charge is 2.17. The van der Waals surface area contributed by atoms with Crippen LogP contribution in [0.1, 0.15) is 55.8 Å². The second-order valence-electron chi connectivity index (χ2n) is 6.38. The van der Waals surface area contributed by atoms with E-state index >= 15 is 0 Å². The van der Waals surface area contributed by atoms with E-state index in [1.807, 2.05) is 42.5 Å². The molecular weight excluding hydrogens is 284 g/mol. The third-order valence-electron chi connectivity index (χ3n) is 4.73. The largest absolute Gasteiger partial charge is 0.271 e. The Kier molecular flexibility index (Phi) is 5.06. The molecule has 3 heteroatoms. The fourth-order valence-corrected chi connectivity index (χ4v) is 3.43. The van der Waals surface area contributed by atoms with Crippen LogP contribution in [0.4, 0.5) is 0 Å². The maximum Gasteiger partial charge on any atom is 0.271 e. The smallest absolute Gasteiger partial charge is 0.267 e. The van der Waals surface area contributed by atoms with Gasteiger partial charge in [0.2, 0.25) is 0 Å². The average Bonchev–Trinajstić information content (AvgIpc) is 2.60. The lowest BCUT2D eigenvalue weighted by Crippen LogP contribution is -2.22. The van der Waals surface area contributed by atoms with Gasteiger partial charge in [-0.25, -0.2) is 5.43 Å². The number of amides is 1. The van der Waals surface area contributed by atoms with Crippen LogP contribution in [0, 0.1) is 5.92 Å². The second-order valence-corrected chi connectivity index (χ2v) is 6.38. The fraction of sp³-hybridized carbons (Fsp3) is 0.400. The van der Waals surface area contributed by atoms with Crippen molar-refractivity contribution in [3.8, 4) is 0 Å². The van der Waals surface area contributed by atoms with E-state index in [-0.39, 0.29) is 5.91 Å². The molecule has 0 radical (unpaired) electrons. The van der Waals surface area contributed by atoms with Crippen molar-refractivity contribution >= 4 is 22.4 Å². The number of hydrogen-bond donors (Lipinski definition) is 1. The molecule has 1 aliphatic rings. The van der Waals surface area contributed by atoms with Gasteiger partial charge in [-0.2, -0.15) is 5.10 Å². The van der Waals surface area contributed by atoms with Gasteiger partial charge in [-0.15, -0.1) is 0 Å². The van der Waals surface area contributed by atoms with E-state index in [4.69, 9.17) is 0 Å². The number of rotatable bonds is 4. The van der Waals surface area contributed by atoms with Gasteiger partial charge in [0.05, 0.1) is 0 Å². The molecule has 1 saturated carbocycles. The molecule has 2 aromatic rings. The van der Waals surface area contributed by atoms with Crippen molar-refractivity contribution in [2.24, 2.45) is 11.0 Å². The summed E-state index contributed by atoms with van der Waals surface area (Å²) >= 11 is 0. The molecule has 23 heavy (non-hydrogen) atoms. The molecular formula is C20H24N2O. The predicted molar refractivity (Wildman–Crippen MR) is 95.7 cm³/mol. The first-order valence-electron chi connectivity index (χ1n) is 8.61. The van der Waals surface area contributed by atoms with Crippen LogP contribution in [0.5, 0.6) is 0 Å². The highest BCUT2D eigenvalue weighted by atomic mass is 16.2. The van der Waals surface area contributed by atoms with Gasteiger partial charge in [0.15, 0.2) is 0 Å². The van der Waals surface area contributed by atoms with Gasteiger partial charge < -0.3 is 0 Å². The van der Waals surface area contributed by atoms with E-state index < -0.39 is 0 Å². The standard InChI is InChI=1S/C20H24N2O/c1-2-6-15-11-13-17(14-12-15)21-22-20(23)19-10-5-8-16-7-3-4-9-18(16)19/h3-5,7-10,15H,2,6,11-14H2,1H3,(H,22,23). The third kappa shape index (κ3) is 3.79. The zero-order valence-electron chi connectivity index (χ0n) is 13.7. The molecule has 1 amide bonds. The zero-order valence-corrected chi connectivity index (χ0v) is 13.7. The van der Waals surface area contributed by atoms with Crippen molar-refractivity contribution in [3.63, 3.8) is 0 Å². The van der Waals surface area contributed by atoms with Crippen molar-refractivity contribution in [3.05, 3.63) is 48.0 Å². The maximum atomic E-state index is 12.4. The lowest BCUT2D eigenvalue weighted by atomic mass is 9.85. The lowest BCUT2D eigenvalue weighted by molar-refractivity contribution is 0.0956. The molecule has 0 heterocycles. The first kappa shape index (κ1) is 15.7. The summed E-state index contributed by atoms with van der Waals surface area (Å²) in [7, 11) is 0. The number of hydrogen-bond acceptors (Lipinski definition) is 2. The van der Waals surface area contributed by atoms with Gasteiger partial charge in [-0.3, -0.25) is 4.79 Å². The summed E-state index contributed by atoms with van der Waals surface area (Å²) < 4.78 is 0. The number of carbonyl (C=O) groups excluding carboxylic acids is 1. The van der Waals surface area contributed by atoms with Crippen molar-refractivity contribution in [1.82, 2.24) is 5.43 Å². The Labute approximate surface area is 137 Å². The number of nitrogens with zero attached hydrogens (tertiary/aromatic N) is 1. The van der Waals surface area contributed by atoms with Gasteiger partial charge in [-0.1, -0.05) is 56.2 Å². The lowest BCUT2D eigenvalue weighted by Gasteiger charge is -2.22. The summed E-state index contributed by atoms with van der Waals surface area (Å²) in [6.45, 7) is 2.24. The first-order valence-corrected chi connectivity index (χ1v) is 8.61. The fourth-order valence-electron chi connectivity index (χ4n) is 3.43.